The number of Topliss-reactive ketones (excluding diaryl/α,β-unsaturated/α-hetero) is 1. The van der Waals surface area contributed by atoms with Crippen molar-refractivity contribution < 1.29 is 4.79 Å². The molecular formula is C22H21N3OS3. The lowest BCUT2D eigenvalue weighted by molar-refractivity contribution is 0.102. The van der Waals surface area contributed by atoms with Gasteiger partial charge in [-0.25, -0.2) is 9.97 Å². The zero-order chi connectivity index (χ0) is 20.0. The van der Waals surface area contributed by atoms with E-state index in [1.54, 1.807) is 40.8 Å². The number of nitrogens with zero attached hydrogens (tertiary/aromatic N) is 3. The molecular weight excluding hydrogens is 418 g/mol. The van der Waals surface area contributed by atoms with Gasteiger partial charge in [0.1, 0.15) is 16.2 Å². The van der Waals surface area contributed by atoms with Gasteiger partial charge in [-0.2, -0.15) is 0 Å². The number of rotatable bonds is 6. The number of hydrogen-bond acceptors (Lipinski definition) is 6. The van der Waals surface area contributed by atoms with Gasteiger partial charge in [-0.15, -0.1) is 22.7 Å². The summed E-state index contributed by atoms with van der Waals surface area (Å²) in [6, 6.07) is 6.24. The third kappa shape index (κ3) is 3.45. The zero-order valence-corrected chi connectivity index (χ0v) is 18.8. The molecule has 5 rings (SSSR count). The van der Waals surface area contributed by atoms with Crippen LogP contribution in [0.5, 0.6) is 0 Å². The first kappa shape index (κ1) is 19.0. The molecule has 0 N–H and O–H groups in total. The van der Waals surface area contributed by atoms with Crippen molar-refractivity contribution in [3.05, 3.63) is 62.2 Å². The van der Waals surface area contributed by atoms with Crippen LogP contribution in [0.25, 0.3) is 10.2 Å². The summed E-state index contributed by atoms with van der Waals surface area (Å²) in [5, 5.41) is 4.23. The second-order valence-corrected chi connectivity index (χ2v) is 10.5. The van der Waals surface area contributed by atoms with E-state index in [1.165, 1.54) is 27.1 Å². The van der Waals surface area contributed by atoms with E-state index in [0.29, 0.717) is 5.75 Å². The minimum Gasteiger partial charge on any atom is -0.343 e. The Hall–Kier alpha value is -1.96. The normalized spacial score (nSPS) is 13.3. The molecule has 4 heterocycles. The molecule has 4 nitrogen and oxygen atoms in total. The molecule has 0 fully saturated rings. The van der Waals surface area contributed by atoms with Crippen LogP contribution in [0.2, 0.25) is 0 Å². The van der Waals surface area contributed by atoms with Crippen LogP contribution in [-0.4, -0.2) is 26.1 Å². The summed E-state index contributed by atoms with van der Waals surface area (Å²) in [6.07, 6.45) is 5.10. The molecule has 0 saturated heterocycles. The van der Waals surface area contributed by atoms with Crippen molar-refractivity contribution in [1.29, 1.82) is 0 Å². The molecule has 0 saturated carbocycles. The number of ketones is 1. The van der Waals surface area contributed by atoms with Crippen molar-refractivity contribution in [1.82, 2.24) is 14.5 Å². The Balaban J connectivity index is 1.37. The molecule has 0 amide bonds. The molecule has 0 aromatic carbocycles. The number of hydrogen-bond donors (Lipinski definition) is 0. The van der Waals surface area contributed by atoms with Crippen LogP contribution in [0, 0.1) is 13.8 Å². The third-order valence-electron chi connectivity index (χ3n) is 5.57. The van der Waals surface area contributed by atoms with Gasteiger partial charge in [0, 0.05) is 32.1 Å². The minimum atomic E-state index is 0.166. The molecule has 7 heteroatoms. The number of aromatic nitrogens is 3. The average Bonchev–Trinajstić information content (AvgIpc) is 3.47. The molecule has 0 aliphatic heterocycles. The van der Waals surface area contributed by atoms with Crippen LogP contribution in [0.4, 0.5) is 0 Å². The Morgan fingerprint density at radius 1 is 1.28 bits per heavy atom. The highest BCUT2D eigenvalue weighted by molar-refractivity contribution is 8.00. The summed E-state index contributed by atoms with van der Waals surface area (Å²) in [6.45, 7) is 4.95. The maximum atomic E-state index is 13.0. The standard InChI is InChI=1S/C22H21N3OS3/c1-13-9-17(14(2)25(13)10-15-5-4-8-27-15)18(26)11-28-21-20-16-6-3-7-19(16)29-22(20)24-12-23-21/h4-5,8-9,12H,3,6-7,10-11H2,1-2H3. The molecule has 0 unspecified atom stereocenters. The summed E-state index contributed by atoms with van der Waals surface area (Å²) in [7, 11) is 0. The van der Waals surface area contributed by atoms with Crippen molar-refractivity contribution in [2.45, 2.75) is 44.7 Å². The molecule has 4 aromatic heterocycles. The van der Waals surface area contributed by atoms with Crippen LogP contribution in [0.3, 0.4) is 0 Å². The highest BCUT2D eigenvalue weighted by Crippen LogP contribution is 2.40. The topological polar surface area (TPSA) is 47.8 Å². The molecule has 0 atom stereocenters. The Morgan fingerprint density at radius 2 is 2.17 bits per heavy atom. The Kier molecular flexibility index (Phi) is 5.05. The van der Waals surface area contributed by atoms with Crippen molar-refractivity contribution in [2.75, 3.05) is 5.75 Å². The first-order valence-corrected chi connectivity index (χ1v) is 12.4. The summed E-state index contributed by atoms with van der Waals surface area (Å²) in [5.41, 5.74) is 4.41. The highest BCUT2D eigenvalue weighted by Gasteiger charge is 2.22. The summed E-state index contributed by atoms with van der Waals surface area (Å²) in [4.78, 5) is 25.8. The molecule has 1 aliphatic carbocycles. The molecule has 0 bridgehead atoms. The minimum absolute atomic E-state index is 0.166. The molecule has 29 heavy (non-hydrogen) atoms. The predicted octanol–water partition coefficient (Wildman–Crippen LogP) is 5.68. The van der Waals surface area contributed by atoms with E-state index in [1.807, 2.05) is 13.0 Å². The maximum Gasteiger partial charge on any atom is 0.174 e. The van der Waals surface area contributed by atoms with Gasteiger partial charge in [0.2, 0.25) is 0 Å². The first-order valence-electron chi connectivity index (χ1n) is 9.72. The predicted molar refractivity (Wildman–Crippen MR) is 122 cm³/mol. The maximum absolute atomic E-state index is 13.0. The molecule has 4 aromatic rings. The summed E-state index contributed by atoms with van der Waals surface area (Å²) >= 11 is 5.09. The summed E-state index contributed by atoms with van der Waals surface area (Å²) in [5.74, 6) is 0.569. The Labute approximate surface area is 182 Å². The van der Waals surface area contributed by atoms with E-state index in [-0.39, 0.29) is 5.78 Å². The van der Waals surface area contributed by atoms with Gasteiger partial charge < -0.3 is 4.57 Å². The first-order chi connectivity index (χ1) is 14.1. The van der Waals surface area contributed by atoms with Crippen molar-refractivity contribution in [3.8, 4) is 0 Å². The average molecular weight is 440 g/mol. The molecule has 0 radical (unpaired) electrons. The van der Waals surface area contributed by atoms with E-state index in [9.17, 15) is 4.79 Å². The molecule has 0 spiro atoms. The summed E-state index contributed by atoms with van der Waals surface area (Å²) < 4.78 is 2.23. The SMILES string of the molecule is Cc1cc(C(=O)CSc2ncnc3sc4c(c23)CCC4)c(C)n1Cc1cccs1. The van der Waals surface area contributed by atoms with Crippen molar-refractivity contribution >= 4 is 50.4 Å². The Morgan fingerprint density at radius 3 is 3.00 bits per heavy atom. The fourth-order valence-electron chi connectivity index (χ4n) is 4.11. The number of thiophene rings is 2. The van der Waals surface area contributed by atoms with Gasteiger partial charge in [-0.05, 0) is 56.2 Å². The van der Waals surface area contributed by atoms with Crippen LogP contribution >= 0.6 is 34.4 Å². The lowest BCUT2D eigenvalue weighted by Crippen LogP contribution is -2.07. The quantitative estimate of drug-likeness (QED) is 0.220. The van der Waals surface area contributed by atoms with Crippen molar-refractivity contribution in [2.24, 2.45) is 0 Å². The van der Waals surface area contributed by atoms with Gasteiger partial charge in [-0.1, -0.05) is 17.8 Å². The van der Waals surface area contributed by atoms with E-state index < -0.39 is 0 Å². The number of aryl methyl sites for hydroxylation is 3. The number of carbonyl (C=O) groups excluding carboxylic acids is 1. The second-order valence-electron chi connectivity index (χ2n) is 7.38. The highest BCUT2D eigenvalue weighted by atomic mass is 32.2. The zero-order valence-electron chi connectivity index (χ0n) is 16.4. The number of carbonyl (C=O) groups is 1. The van der Waals surface area contributed by atoms with E-state index in [4.69, 9.17) is 0 Å². The van der Waals surface area contributed by atoms with Gasteiger partial charge in [0.25, 0.3) is 0 Å². The number of fused-ring (bicyclic) bond motifs is 3. The fraction of sp³-hybridized carbons (Fsp3) is 0.318. The van der Waals surface area contributed by atoms with Crippen LogP contribution in [0.1, 0.15) is 43.5 Å². The van der Waals surface area contributed by atoms with Gasteiger partial charge >= 0.3 is 0 Å². The van der Waals surface area contributed by atoms with E-state index in [2.05, 4.69) is 39.0 Å². The fourth-order valence-corrected chi connectivity index (χ4v) is 7.00. The lowest BCUT2D eigenvalue weighted by atomic mass is 10.2. The largest absolute Gasteiger partial charge is 0.343 e. The monoisotopic (exact) mass is 439 g/mol. The molecule has 1 aliphatic rings. The van der Waals surface area contributed by atoms with Gasteiger partial charge in [0.15, 0.2) is 5.78 Å². The Bertz CT molecular complexity index is 1200. The third-order valence-corrected chi connectivity index (χ3v) is 8.63. The van der Waals surface area contributed by atoms with Gasteiger partial charge in [0.05, 0.1) is 12.3 Å². The van der Waals surface area contributed by atoms with E-state index in [0.717, 1.165) is 46.2 Å². The van der Waals surface area contributed by atoms with Gasteiger partial charge in [-0.3, -0.25) is 4.79 Å². The van der Waals surface area contributed by atoms with Crippen molar-refractivity contribution in [3.63, 3.8) is 0 Å². The van der Waals surface area contributed by atoms with E-state index >= 15 is 0 Å². The second kappa shape index (κ2) is 7.70. The number of thioether (sulfide) groups is 1. The lowest BCUT2D eigenvalue weighted by Gasteiger charge is -2.08. The molecule has 148 valence electrons. The van der Waals surface area contributed by atoms with Crippen LogP contribution < -0.4 is 0 Å². The van der Waals surface area contributed by atoms with Crippen LogP contribution in [-0.2, 0) is 19.4 Å². The smallest absolute Gasteiger partial charge is 0.174 e. The van der Waals surface area contributed by atoms with Crippen LogP contribution in [0.15, 0.2) is 34.9 Å².